The van der Waals surface area contributed by atoms with Crippen molar-refractivity contribution >= 4 is 11.7 Å². The highest BCUT2D eigenvalue weighted by Crippen LogP contribution is 2.36. The number of carbonyl (C=O) groups excluding carboxylic acids is 1. The van der Waals surface area contributed by atoms with Crippen LogP contribution in [-0.4, -0.2) is 24.0 Å². The van der Waals surface area contributed by atoms with Gasteiger partial charge in [0.1, 0.15) is 11.2 Å². The second-order valence-electron chi connectivity index (χ2n) is 5.77. The van der Waals surface area contributed by atoms with Gasteiger partial charge >= 0.3 is 5.97 Å². The Kier molecular flexibility index (Phi) is 4.57. The van der Waals surface area contributed by atoms with E-state index in [1.807, 2.05) is 30.3 Å². The second-order valence-corrected chi connectivity index (χ2v) is 5.77. The van der Waals surface area contributed by atoms with Crippen molar-refractivity contribution in [1.82, 2.24) is 5.32 Å². The van der Waals surface area contributed by atoms with E-state index in [0.29, 0.717) is 12.8 Å². The van der Waals surface area contributed by atoms with E-state index < -0.39 is 16.5 Å². The van der Waals surface area contributed by atoms with E-state index in [4.69, 9.17) is 4.74 Å². The van der Waals surface area contributed by atoms with Crippen molar-refractivity contribution in [3.8, 4) is 0 Å². The van der Waals surface area contributed by atoms with Gasteiger partial charge in [0.15, 0.2) is 0 Å². The van der Waals surface area contributed by atoms with E-state index in [0.717, 1.165) is 18.7 Å². The number of nitro groups is 1. The molecule has 0 atom stereocenters. The lowest BCUT2D eigenvalue weighted by molar-refractivity contribution is -0.385. The predicted octanol–water partition coefficient (Wildman–Crippen LogP) is 3.03. The number of esters is 1. The number of nitro benzene ring substituents is 1. The van der Waals surface area contributed by atoms with Gasteiger partial charge in [0.05, 0.1) is 4.92 Å². The van der Waals surface area contributed by atoms with Gasteiger partial charge in [-0.15, -0.1) is 0 Å². The van der Waals surface area contributed by atoms with Crippen molar-refractivity contribution in [2.45, 2.75) is 18.4 Å². The fourth-order valence-corrected chi connectivity index (χ4v) is 3.06. The first-order valence-electron chi connectivity index (χ1n) is 7.85. The standard InChI is InChI=1S/C18H18N2O4/c21-17(15-8-4-5-9-16(15)20(22)23)24-18(10-12-19-13-11-18)14-6-2-1-3-7-14/h1-9,19H,10-13H2. The van der Waals surface area contributed by atoms with Crippen LogP contribution in [-0.2, 0) is 10.3 Å². The fourth-order valence-electron chi connectivity index (χ4n) is 3.06. The van der Waals surface area contributed by atoms with Crippen molar-refractivity contribution in [2.24, 2.45) is 0 Å². The Labute approximate surface area is 139 Å². The van der Waals surface area contributed by atoms with Crippen LogP contribution in [0.25, 0.3) is 0 Å². The van der Waals surface area contributed by atoms with Crippen LogP contribution in [0.3, 0.4) is 0 Å². The van der Waals surface area contributed by atoms with Crippen LogP contribution >= 0.6 is 0 Å². The van der Waals surface area contributed by atoms with Gasteiger partial charge in [0.25, 0.3) is 5.69 Å². The van der Waals surface area contributed by atoms with Gasteiger partial charge in [-0.2, -0.15) is 0 Å². The predicted molar refractivity (Wildman–Crippen MR) is 88.7 cm³/mol. The molecule has 0 radical (unpaired) electrons. The first-order chi connectivity index (χ1) is 11.6. The lowest BCUT2D eigenvalue weighted by atomic mass is 9.84. The van der Waals surface area contributed by atoms with Crippen LogP contribution in [0.2, 0.25) is 0 Å². The van der Waals surface area contributed by atoms with Gasteiger partial charge in [0.2, 0.25) is 0 Å². The average Bonchev–Trinajstić information content (AvgIpc) is 2.63. The summed E-state index contributed by atoms with van der Waals surface area (Å²) in [5.41, 5.74) is -0.0951. The van der Waals surface area contributed by atoms with Crippen LogP contribution in [0, 0.1) is 10.1 Å². The molecular weight excluding hydrogens is 308 g/mol. The van der Waals surface area contributed by atoms with Gasteiger partial charge in [-0.3, -0.25) is 10.1 Å². The summed E-state index contributed by atoms with van der Waals surface area (Å²) < 4.78 is 5.86. The van der Waals surface area contributed by atoms with Gasteiger partial charge in [-0.1, -0.05) is 42.5 Å². The number of piperidine rings is 1. The number of carbonyl (C=O) groups is 1. The largest absolute Gasteiger partial charge is 0.450 e. The van der Waals surface area contributed by atoms with Crippen molar-refractivity contribution in [1.29, 1.82) is 0 Å². The summed E-state index contributed by atoms with van der Waals surface area (Å²) in [6.07, 6.45) is 1.26. The maximum atomic E-state index is 12.7. The van der Waals surface area contributed by atoms with Crippen LogP contribution in [0.1, 0.15) is 28.8 Å². The molecule has 0 bridgehead atoms. The summed E-state index contributed by atoms with van der Waals surface area (Å²) in [6, 6.07) is 15.4. The molecule has 3 rings (SSSR count). The third-order valence-corrected chi connectivity index (χ3v) is 4.32. The van der Waals surface area contributed by atoms with E-state index in [-0.39, 0.29) is 11.3 Å². The molecule has 2 aromatic carbocycles. The van der Waals surface area contributed by atoms with E-state index >= 15 is 0 Å². The SMILES string of the molecule is O=C(OC1(c2ccccc2)CCNCC1)c1ccccc1[N+](=O)[O-]. The summed E-state index contributed by atoms with van der Waals surface area (Å²) in [7, 11) is 0. The molecule has 2 aromatic rings. The van der Waals surface area contributed by atoms with E-state index in [9.17, 15) is 14.9 Å². The molecule has 0 amide bonds. The van der Waals surface area contributed by atoms with Crippen LogP contribution in [0.5, 0.6) is 0 Å². The Morgan fingerprint density at radius 1 is 1.04 bits per heavy atom. The molecule has 0 unspecified atom stereocenters. The molecule has 1 saturated heterocycles. The highest BCUT2D eigenvalue weighted by molar-refractivity contribution is 5.94. The van der Waals surface area contributed by atoms with Gasteiger partial charge in [0, 0.05) is 18.9 Å². The zero-order chi connectivity index (χ0) is 17.0. The minimum atomic E-state index is -0.757. The number of nitrogens with one attached hydrogen (secondary N) is 1. The summed E-state index contributed by atoms with van der Waals surface area (Å²) >= 11 is 0. The van der Waals surface area contributed by atoms with Crippen molar-refractivity contribution in [3.63, 3.8) is 0 Å². The Bertz CT molecular complexity index is 740. The number of nitrogens with zero attached hydrogens (tertiary/aromatic N) is 1. The summed E-state index contributed by atoms with van der Waals surface area (Å²) in [4.78, 5) is 23.3. The molecule has 0 spiro atoms. The molecule has 0 aliphatic carbocycles. The Hall–Kier alpha value is -2.73. The highest BCUT2D eigenvalue weighted by Gasteiger charge is 2.39. The molecule has 124 valence electrons. The number of ether oxygens (including phenoxy) is 1. The number of hydrogen-bond donors (Lipinski definition) is 1. The quantitative estimate of drug-likeness (QED) is 0.530. The molecule has 6 heteroatoms. The number of hydrogen-bond acceptors (Lipinski definition) is 5. The first-order valence-corrected chi connectivity index (χ1v) is 7.85. The maximum Gasteiger partial charge on any atom is 0.346 e. The molecule has 1 fully saturated rings. The molecule has 1 N–H and O–H groups in total. The van der Waals surface area contributed by atoms with Crippen molar-refractivity contribution in [3.05, 3.63) is 75.8 Å². The third kappa shape index (κ3) is 3.14. The number of benzene rings is 2. The molecule has 1 aliphatic heterocycles. The number of rotatable bonds is 4. The lowest BCUT2D eigenvalue weighted by Crippen LogP contribution is -2.43. The minimum absolute atomic E-state index is 0.0173. The topological polar surface area (TPSA) is 81.5 Å². The first kappa shape index (κ1) is 16.1. The monoisotopic (exact) mass is 326 g/mol. The highest BCUT2D eigenvalue weighted by atomic mass is 16.6. The zero-order valence-corrected chi connectivity index (χ0v) is 13.1. The summed E-state index contributed by atoms with van der Waals surface area (Å²) in [6.45, 7) is 1.44. The molecule has 6 nitrogen and oxygen atoms in total. The molecule has 0 saturated carbocycles. The van der Waals surface area contributed by atoms with E-state index in [2.05, 4.69) is 5.32 Å². The Balaban J connectivity index is 1.94. The summed E-state index contributed by atoms with van der Waals surface area (Å²) in [5, 5.41) is 14.4. The maximum absolute atomic E-state index is 12.7. The Morgan fingerprint density at radius 2 is 1.67 bits per heavy atom. The number of para-hydroxylation sites is 1. The molecule has 1 heterocycles. The molecule has 0 aromatic heterocycles. The lowest BCUT2D eigenvalue weighted by Gasteiger charge is -2.37. The average molecular weight is 326 g/mol. The zero-order valence-electron chi connectivity index (χ0n) is 13.1. The van der Waals surface area contributed by atoms with Gasteiger partial charge < -0.3 is 10.1 Å². The van der Waals surface area contributed by atoms with Crippen LogP contribution in [0.4, 0.5) is 5.69 Å². The third-order valence-electron chi connectivity index (χ3n) is 4.32. The molecule has 24 heavy (non-hydrogen) atoms. The van der Waals surface area contributed by atoms with Gasteiger partial charge in [-0.05, 0) is 24.7 Å². The van der Waals surface area contributed by atoms with Crippen molar-refractivity contribution < 1.29 is 14.5 Å². The smallest absolute Gasteiger partial charge is 0.346 e. The van der Waals surface area contributed by atoms with Crippen LogP contribution < -0.4 is 5.32 Å². The summed E-state index contributed by atoms with van der Waals surface area (Å²) in [5.74, 6) is -0.659. The van der Waals surface area contributed by atoms with Gasteiger partial charge in [-0.25, -0.2) is 4.79 Å². The Morgan fingerprint density at radius 3 is 2.33 bits per heavy atom. The second kappa shape index (κ2) is 6.80. The van der Waals surface area contributed by atoms with E-state index in [1.165, 1.54) is 18.2 Å². The van der Waals surface area contributed by atoms with E-state index in [1.54, 1.807) is 6.07 Å². The van der Waals surface area contributed by atoms with Crippen LogP contribution in [0.15, 0.2) is 54.6 Å². The van der Waals surface area contributed by atoms with Crippen molar-refractivity contribution in [2.75, 3.05) is 13.1 Å². The fraction of sp³-hybridized carbons (Fsp3) is 0.278. The molecule has 1 aliphatic rings. The minimum Gasteiger partial charge on any atom is -0.450 e. The normalized spacial score (nSPS) is 16.3. The molecular formula is C18H18N2O4.